The van der Waals surface area contributed by atoms with Crippen LogP contribution in [-0.2, 0) is 6.54 Å². The Morgan fingerprint density at radius 1 is 1.41 bits per heavy atom. The number of likely N-dealkylation sites (tertiary alicyclic amines) is 1. The van der Waals surface area contributed by atoms with Gasteiger partial charge >= 0.3 is 0 Å². The second-order valence-electron chi connectivity index (χ2n) is 4.71. The zero-order valence-corrected chi connectivity index (χ0v) is 12.6. The molecule has 2 rings (SSSR count). The molecular weight excluding hydrogens is 327 g/mol. The molecule has 1 aliphatic rings. The molecule has 1 aromatic heterocycles. The second kappa shape index (κ2) is 6.75. The van der Waals surface area contributed by atoms with Crippen molar-refractivity contribution in [1.29, 1.82) is 0 Å². The summed E-state index contributed by atoms with van der Waals surface area (Å²) in [4.78, 5) is 2.53. The van der Waals surface area contributed by atoms with Crippen LogP contribution in [0.2, 0.25) is 0 Å². The van der Waals surface area contributed by atoms with Crippen LogP contribution >= 0.6 is 22.6 Å². The van der Waals surface area contributed by atoms with Gasteiger partial charge in [0.1, 0.15) is 5.76 Å². The van der Waals surface area contributed by atoms with Crippen molar-refractivity contribution in [3.63, 3.8) is 0 Å². The smallest absolute Gasteiger partial charge is 0.164 e. The predicted molar refractivity (Wildman–Crippen MR) is 78.0 cm³/mol. The fourth-order valence-corrected chi connectivity index (χ4v) is 2.82. The van der Waals surface area contributed by atoms with Crippen molar-refractivity contribution >= 4 is 22.6 Å². The van der Waals surface area contributed by atoms with Crippen molar-refractivity contribution in [3.05, 3.63) is 21.7 Å². The maximum atomic E-state index is 5.52. The molecule has 0 aromatic carbocycles. The van der Waals surface area contributed by atoms with Gasteiger partial charge in [0, 0.05) is 0 Å². The van der Waals surface area contributed by atoms with Crippen LogP contribution in [0.4, 0.5) is 0 Å². The van der Waals surface area contributed by atoms with Gasteiger partial charge in [-0.15, -0.1) is 0 Å². The Hall–Kier alpha value is -0.0700. The summed E-state index contributed by atoms with van der Waals surface area (Å²) >= 11 is 2.20. The lowest BCUT2D eigenvalue weighted by molar-refractivity contribution is 0.189. The number of hydrogen-bond donors (Lipinski definition) is 1. The lowest BCUT2D eigenvalue weighted by atomic mass is 9.97. The summed E-state index contributed by atoms with van der Waals surface area (Å²) in [5.74, 6) is 1.88. The maximum Gasteiger partial charge on any atom is 0.164 e. The van der Waals surface area contributed by atoms with Crippen molar-refractivity contribution in [2.24, 2.45) is 5.92 Å². The number of halogens is 1. The lowest BCUT2D eigenvalue weighted by Gasteiger charge is -2.31. The molecule has 4 heteroatoms. The van der Waals surface area contributed by atoms with E-state index in [1.54, 1.807) is 0 Å². The van der Waals surface area contributed by atoms with E-state index in [0.717, 1.165) is 28.5 Å². The second-order valence-corrected chi connectivity index (χ2v) is 5.78. The van der Waals surface area contributed by atoms with Crippen LogP contribution in [0, 0.1) is 9.68 Å². The fourth-order valence-electron chi connectivity index (χ4n) is 2.35. The molecule has 96 valence electrons. The number of piperidine rings is 1. The van der Waals surface area contributed by atoms with Crippen molar-refractivity contribution in [2.75, 3.05) is 26.2 Å². The van der Waals surface area contributed by atoms with Crippen molar-refractivity contribution < 1.29 is 4.42 Å². The summed E-state index contributed by atoms with van der Waals surface area (Å²) in [6, 6.07) is 4.06. The third-order valence-electron chi connectivity index (χ3n) is 3.52. The van der Waals surface area contributed by atoms with E-state index in [4.69, 9.17) is 4.42 Å². The molecule has 0 bridgehead atoms. The van der Waals surface area contributed by atoms with Crippen molar-refractivity contribution in [3.8, 4) is 0 Å². The van der Waals surface area contributed by atoms with Crippen LogP contribution in [0.5, 0.6) is 0 Å². The predicted octanol–water partition coefficient (Wildman–Crippen LogP) is 2.71. The first-order valence-electron chi connectivity index (χ1n) is 6.45. The molecule has 0 unspecified atom stereocenters. The number of nitrogens with one attached hydrogen (secondary N) is 1. The van der Waals surface area contributed by atoms with Crippen molar-refractivity contribution in [1.82, 2.24) is 10.2 Å². The largest absolute Gasteiger partial charge is 0.454 e. The molecule has 1 aromatic rings. The average Bonchev–Trinajstić information content (AvgIpc) is 2.76. The minimum absolute atomic E-state index is 0.840. The zero-order valence-electron chi connectivity index (χ0n) is 10.4. The molecule has 3 nitrogen and oxygen atoms in total. The molecule has 1 aliphatic heterocycles. The number of nitrogens with zero attached hydrogens (tertiary/aromatic N) is 1. The van der Waals surface area contributed by atoms with Gasteiger partial charge in [-0.1, -0.05) is 6.92 Å². The van der Waals surface area contributed by atoms with E-state index in [1.165, 1.54) is 32.5 Å². The molecule has 1 fully saturated rings. The minimum Gasteiger partial charge on any atom is -0.454 e. The first kappa shape index (κ1) is 13.4. The normalized spacial score (nSPS) is 18.7. The summed E-state index contributed by atoms with van der Waals surface area (Å²) in [5.41, 5.74) is 0. The highest BCUT2D eigenvalue weighted by molar-refractivity contribution is 14.1. The van der Waals surface area contributed by atoms with Gasteiger partial charge in [0.25, 0.3) is 0 Å². The van der Waals surface area contributed by atoms with Gasteiger partial charge in [-0.05, 0) is 79.7 Å². The number of furan rings is 1. The van der Waals surface area contributed by atoms with E-state index < -0.39 is 0 Å². The average molecular weight is 348 g/mol. The molecule has 17 heavy (non-hydrogen) atoms. The molecule has 0 amide bonds. The van der Waals surface area contributed by atoms with Crippen LogP contribution in [0.15, 0.2) is 16.5 Å². The highest BCUT2D eigenvalue weighted by atomic mass is 127. The standard InChI is InChI=1S/C13H21IN2O/c1-2-16-7-5-11(6-8-16)9-15-10-12-3-4-13(14)17-12/h3-4,11,15H,2,5-10H2,1H3. The number of rotatable bonds is 5. The monoisotopic (exact) mass is 348 g/mol. The van der Waals surface area contributed by atoms with Crippen LogP contribution in [0.3, 0.4) is 0 Å². The Morgan fingerprint density at radius 2 is 2.18 bits per heavy atom. The first-order valence-corrected chi connectivity index (χ1v) is 7.53. The van der Waals surface area contributed by atoms with Gasteiger partial charge in [-0.2, -0.15) is 0 Å². The van der Waals surface area contributed by atoms with Crippen LogP contribution < -0.4 is 5.32 Å². The van der Waals surface area contributed by atoms with Crippen LogP contribution in [-0.4, -0.2) is 31.1 Å². The van der Waals surface area contributed by atoms with E-state index in [-0.39, 0.29) is 0 Å². The van der Waals surface area contributed by atoms with E-state index in [9.17, 15) is 0 Å². The highest BCUT2D eigenvalue weighted by Gasteiger charge is 2.17. The Morgan fingerprint density at radius 3 is 2.76 bits per heavy atom. The third-order valence-corrected chi connectivity index (χ3v) is 4.10. The SMILES string of the molecule is CCN1CCC(CNCc2ccc(I)o2)CC1. The Bertz CT molecular complexity index is 332. The zero-order chi connectivity index (χ0) is 12.1. The van der Waals surface area contributed by atoms with E-state index in [0.29, 0.717) is 0 Å². The summed E-state index contributed by atoms with van der Waals surface area (Å²) in [7, 11) is 0. The Labute approximate surface area is 117 Å². The summed E-state index contributed by atoms with van der Waals surface area (Å²) in [6.45, 7) is 7.96. The van der Waals surface area contributed by atoms with Gasteiger partial charge < -0.3 is 14.6 Å². The molecule has 2 heterocycles. The number of hydrogen-bond acceptors (Lipinski definition) is 3. The van der Waals surface area contributed by atoms with E-state index in [1.807, 2.05) is 6.07 Å². The Balaban J connectivity index is 1.63. The van der Waals surface area contributed by atoms with Gasteiger partial charge in [0.15, 0.2) is 3.77 Å². The van der Waals surface area contributed by atoms with Gasteiger partial charge in [0.2, 0.25) is 0 Å². The molecule has 1 saturated heterocycles. The molecular formula is C13H21IN2O. The topological polar surface area (TPSA) is 28.4 Å². The summed E-state index contributed by atoms with van der Waals surface area (Å²) in [5, 5.41) is 3.50. The van der Waals surface area contributed by atoms with Gasteiger partial charge in [-0.25, -0.2) is 0 Å². The fraction of sp³-hybridized carbons (Fsp3) is 0.692. The quantitative estimate of drug-likeness (QED) is 0.830. The maximum absolute atomic E-state index is 5.52. The highest BCUT2D eigenvalue weighted by Crippen LogP contribution is 2.16. The van der Waals surface area contributed by atoms with E-state index >= 15 is 0 Å². The van der Waals surface area contributed by atoms with Crippen LogP contribution in [0.25, 0.3) is 0 Å². The third kappa shape index (κ3) is 4.26. The van der Waals surface area contributed by atoms with Gasteiger partial charge in [-0.3, -0.25) is 0 Å². The first-order chi connectivity index (χ1) is 8.28. The molecule has 0 spiro atoms. The minimum atomic E-state index is 0.840. The molecule has 0 radical (unpaired) electrons. The summed E-state index contributed by atoms with van der Waals surface area (Å²) in [6.07, 6.45) is 2.66. The van der Waals surface area contributed by atoms with Gasteiger partial charge in [0.05, 0.1) is 6.54 Å². The van der Waals surface area contributed by atoms with Crippen molar-refractivity contribution in [2.45, 2.75) is 26.3 Å². The molecule has 0 atom stereocenters. The van der Waals surface area contributed by atoms with Crippen LogP contribution in [0.1, 0.15) is 25.5 Å². The lowest BCUT2D eigenvalue weighted by Crippen LogP contribution is -2.36. The molecule has 1 N–H and O–H groups in total. The molecule has 0 saturated carbocycles. The Kier molecular flexibility index (Phi) is 5.31. The summed E-state index contributed by atoms with van der Waals surface area (Å²) < 4.78 is 6.49. The van der Waals surface area contributed by atoms with E-state index in [2.05, 4.69) is 45.8 Å². The molecule has 0 aliphatic carbocycles.